The largest absolute Gasteiger partial charge is 0.491 e. The van der Waals surface area contributed by atoms with Crippen molar-refractivity contribution in [2.75, 3.05) is 0 Å². The molecule has 2 aromatic heterocycles. The van der Waals surface area contributed by atoms with E-state index in [1.807, 2.05) is 44.2 Å². The fraction of sp³-hybridized carbons (Fsp3) is 0.200. The molecule has 0 aliphatic heterocycles. The second-order valence-corrected chi connectivity index (χ2v) is 4.59. The first kappa shape index (κ1) is 11.7. The fourth-order valence-electron chi connectivity index (χ4n) is 1.91. The van der Waals surface area contributed by atoms with Gasteiger partial charge >= 0.3 is 0 Å². The second-order valence-electron chi connectivity index (χ2n) is 4.59. The molecule has 4 heteroatoms. The van der Waals surface area contributed by atoms with E-state index in [1.54, 1.807) is 6.20 Å². The van der Waals surface area contributed by atoms with E-state index in [0.29, 0.717) is 11.2 Å². The molecule has 19 heavy (non-hydrogen) atoms. The molecule has 0 aliphatic carbocycles. The molecule has 0 amide bonds. The number of pyridine rings is 1. The van der Waals surface area contributed by atoms with Gasteiger partial charge < -0.3 is 9.15 Å². The summed E-state index contributed by atoms with van der Waals surface area (Å²) in [6.07, 6.45) is 3.38. The third-order valence-electron chi connectivity index (χ3n) is 2.75. The molecule has 0 bridgehead atoms. The molecule has 0 spiro atoms. The van der Waals surface area contributed by atoms with Crippen molar-refractivity contribution in [1.29, 1.82) is 0 Å². The molecular formula is C15H14N2O2. The van der Waals surface area contributed by atoms with Crippen molar-refractivity contribution in [1.82, 2.24) is 9.97 Å². The summed E-state index contributed by atoms with van der Waals surface area (Å²) in [6, 6.07) is 9.88. The number of hydrogen-bond acceptors (Lipinski definition) is 4. The Balaban J connectivity index is 1.92. The molecule has 0 unspecified atom stereocenters. The molecular weight excluding hydrogens is 240 g/mol. The van der Waals surface area contributed by atoms with Gasteiger partial charge in [-0.05, 0) is 37.6 Å². The summed E-state index contributed by atoms with van der Waals surface area (Å²) in [5, 5.41) is 0. The van der Waals surface area contributed by atoms with Crippen LogP contribution in [0.4, 0.5) is 0 Å². The number of nitrogens with zero attached hydrogens (tertiary/aromatic N) is 2. The topological polar surface area (TPSA) is 48.2 Å². The summed E-state index contributed by atoms with van der Waals surface area (Å²) in [5.74, 6) is 0.868. The summed E-state index contributed by atoms with van der Waals surface area (Å²) in [7, 11) is 0. The number of rotatable bonds is 3. The maximum absolute atomic E-state index is 5.62. The smallest absolute Gasteiger partial charge is 0.198 e. The maximum atomic E-state index is 5.62. The summed E-state index contributed by atoms with van der Waals surface area (Å²) in [5.41, 5.74) is 3.39. The van der Waals surface area contributed by atoms with Crippen LogP contribution in [0.15, 0.2) is 47.3 Å². The van der Waals surface area contributed by atoms with Crippen LogP contribution < -0.4 is 4.74 Å². The molecule has 2 heterocycles. The average Bonchev–Trinajstić information content (AvgIpc) is 2.86. The Morgan fingerprint density at radius 3 is 2.58 bits per heavy atom. The zero-order valence-corrected chi connectivity index (χ0v) is 10.8. The fourth-order valence-corrected chi connectivity index (χ4v) is 1.91. The van der Waals surface area contributed by atoms with E-state index in [9.17, 15) is 0 Å². The van der Waals surface area contributed by atoms with Crippen molar-refractivity contribution in [3.05, 3.63) is 42.9 Å². The standard InChI is InChI=1S/C15H14N2O2/c1-10(2)19-13-5-3-11(4-6-13)12-7-14-15(16-8-12)17-9-18-14/h3-10H,1-2H3. The van der Waals surface area contributed by atoms with Crippen molar-refractivity contribution in [3.63, 3.8) is 0 Å². The number of benzene rings is 1. The predicted molar refractivity (Wildman–Crippen MR) is 73.0 cm³/mol. The average molecular weight is 254 g/mol. The van der Waals surface area contributed by atoms with Crippen LogP contribution in [0.2, 0.25) is 0 Å². The van der Waals surface area contributed by atoms with Gasteiger partial charge in [-0.2, -0.15) is 4.98 Å². The number of oxazole rings is 1. The first-order chi connectivity index (χ1) is 9.22. The van der Waals surface area contributed by atoms with Crippen molar-refractivity contribution < 1.29 is 9.15 Å². The first-order valence-corrected chi connectivity index (χ1v) is 6.19. The molecule has 0 saturated carbocycles. The maximum Gasteiger partial charge on any atom is 0.198 e. The van der Waals surface area contributed by atoms with E-state index < -0.39 is 0 Å². The van der Waals surface area contributed by atoms with Gasteiger partial charge in [0.25, 0.3) is 0 Å². The lowest BCUT2D eigenvalue weighted by Gasteiger charge is -2.10. The molecule has 0 aliphatic rings. The van der Waals surface area contributed by atoms with Gasteiger partial charge in [0.1, 0.15) is 5.75 Å². The van der Waals surface area contributed by atoms with Crippen LogP contribution >= 0.6 is 0 Å². The highest BCUT2D eigenvalue weighted by atomic mass is 16.5. The molecule has 96 valence electrons. The Bertz CT molecular complexity index is 687. The van der Waals surface area contributed by atoms with Crippen molar-refractivity contribution in [3.8, 4) is 16.9 Å². The van der Waals surface area contributed by atoms with Gasteiger partial charge in [0.15, 0.2) is 17.6 Å². The SMILES string of the molecule is CC(C)Oc1ccc(-c2cnc3ncoc3c2)cc1. The van der Waals surface area contributed by atoms with Gasteiger partial charge in [0.2, 0.25) is 0 Å². The summed E-state index contributed by atoms with van der Waals surface area (Å²) in [4.78, 5) is 8.25. The van der Waals surface area contributed by atoms with Crippen LogP contribution in [0, 0.1) is 0 Å². The van der Waals surface area contributed by atoms with E-state index in [2.05, 4.69) is 9.97 Å². The van der Waals surface area contributed by atoms with Crippen LogP contribution in [-0.2, 0) is 0 Å². The van der Waals surface area contributed by atoms with Crippen LogP contribution in [0.25, 0.3) is 22.4 Å². The first-order valence-electron chi connectivity index (χ1n) is 6.19. The minimum atomic E-state index is 0.179. The van der Waals surface area contributed by atoms with Gasteiger partial charge in [-0.3, -0.25) is 0 Å². The van der Waals surface area contributed by atoms with E-state index >= 15 is 0 Å². The highest BCUT2D eigenvalue weighted by Gasteiger charge is 2.04. The number of ether oxygens (including phenoxy) is 1. The lowest BCUT2D eigenvalue weighted by atomic mass is 10.1. The van der Waals surface area contributed by atoms with Crippen molar-refractivity contribution in [2.24, 2.45) is 0 Å². The highest BCUT2D eigenvalue weighted by molar-refractivity contribution is 5.76. The van der Waals surface area contributed by atoms with E-state index in [-0.39, 0.29) is 6.10 Å². The molecule has 0 radical (unpaired) electrons. The van der Waals surface area contributed by atoms with E-state index in [1.165, 1.54) is 6.39 Å². The molecule has 1 aromatic carbocycles. The van der Waals surface area contributed by atoms with Gasteiger partial charge in [0, 0.05) is 11.8 Å². The monoisotopic (exact) mass is 254 g/mol. The van der Waals surface area contributed by atoms with E-state index in [4.69, 9.17) is 9.15 Å². The van der Waals surface area contributed by atoms with E-state index in [0.717, 1.165) is 16.9 Å². The quantitative estimate of drug-likeness (QED) is 0.715. The highest BCUT2D eigenvalue weighted by Crippen LogP contribution is 2.24. The third-order valence-corrected chi connectivity index (χ3v) is 2.75. The predicted octanol–water partition coefficient (Wildman–Crippen LogP) is 3.68. The Morgan fingerprint density at radius 1 is 1.05 bits per heavy atom. The molecule has 3 rings (SSSR count). The minimum absolute atomic E-state index is 0.179. The normalized spacial score (nSPS) is 11.1. The summed E-state index contributed by atoms with van der Waals surface area (Å²) < 4.78 is 10.9. The minimum Gasteiger partial charge on any atom is -0.491 e. The molecule has 3 aromatic rings. The molecule has 0 atom stereocenters. The molecule has 0 N–H and O–H groups in total. The van der Waals surface area contributed by atoms with Gasteiger partial charge in [-0.25, -0.2) is 4.98 Å². The van der Waals surface area contributed by atoms with Crippen LogP contribution in [-0.4, -0.2) is 16.1 Å². The number of hydrogen-bond donors (Lipinski definition) is 0. The molecule has 4 nitrogen and oxygen atoms in total. The third kappa shape index (κ3) is 2.42. The summed E-state index contributed by atoms with van der Waals surface area (Å²) in [6.45, 7) is 4.02. The van der Waals surface area contributed by atoms with Crippen LogP contribution in [0.1, 0.15) is 13.8 Å². The Morgan fingerprint density at radius 2 is 1.84 bits per heavy atom. The Labute approximate surface area is 111 Å². The second kappa shape index (κ2) is 4.72. The zero-order chi connectivity index (χ0) is 13.2. The lowest BCUT2D eigenvalue weighted by Crippen LogP contribution is -2.05. The van der Waals surface area contributed by atoms with Crippen molar-refractivity contribution in [2.45, 2.75) is 20.0 Å². The Kier molecular flexibility index (Phi) is 2.91. The Hall–Kier alpha value is -2.36. The van der Waals surface area contributed by atoms with Crippen LogP contribution in [0.5, 0.6) is 5.75 Å². The molecule has 0 saturated heterocycles. The molecule has 0 fully saturated rings. The lowest BCUT2D eigenvalue weighted by molar-refractivity contribution is 0.242. The van der Waals surface area contributed by atoms with Gasteiger partial charge in [-0.1, -0.05) is 12.1 Å². The number of fused-ring (bicyclic) bond motifs is 1. The van der Waals surface area contributed by atoms with Crippen LogP contribution in [0.3, 0.4) is 0 Å². The van der Waals surface area contributed by atoms with Gasteiger partial charge in [-0.15, -0.1) is 0 Å². The summed E-state index contributed by atoms with van der Waals surface area (Å²) >= 11 is 0. The van der Waals surface area contributed by atoms with Gasteiger partial charge in [0.05, 0.1) is 6.10 Å². The van der Waals surface area contributed by atoms with Crippen molar-refractivity contribution >= 4 is 11.2 Å². The number of aromatic nitrogens is 2. The zero-order valence-electron chi connectivity index (χ0n) is 10.8.